The van der Waals surface area contributed by atoms with E-state index in [0.29, 0.717) is 6.42 Å². The fraction of sp³-hybridized carbons (Fsp3) is 0.417. The van der Waals surface area contributed by atoms with E-state index in [2.05, 4.69) is 17.0 Å². The summed E-state index contributed by atoms with van der Waals surface area (Å²) in [5.74, 6) is 0. The van der Waals surface area contributed by atoms with Crippen molar-refractivity contribution in [3.8, 4) is 0 Å². The van der Waals surface area contributed by atoms with Crippen LogP contribution in [0.5, 0.6) is 0 Å². The van der Waals surface area contributed by atoms with Crippen LogP contribution in [0.1, 0.15) is 18.4 Å². The van der Waals surface area contributed by atoms with Crippen molar-refractivity contribution >= 4 is 12.0 Å². The van der Waals surface area contributed by atoms with Gasteiger partial charge in [-0.1, -0.05) is 12.1 Å². The average molecular weight is 188 g/mol. The fourth-order valence-corrected chi connectivity index (χ4v) is 1.88. The zero-order chi connectivity index (χ0) is 9.80. The molecule has 0 bridgehead atoms. The lowest BCUT2D eigenvalue weighted by Gasteiger charge is -2.17. The number of rotatable bonds is 3. The minimum atomic E-state index is 0.403. The van der Waals surface area contributed by atoms with E-state index in [4.69, 9.17) is 0 Å². The molecule has 73 valence electrons. The topological polar surface area (TPSA) is 20.3 Å². The molecule has 0 N–H and O–H groups in total. The van der Waals surface area contributed by atoms with Crippen molar-refractivity contribution in [3.05, 3.63) is 29.8 Å². The lowest BCUT2D eigenvalue weighted by atomic mass is 10.1. The average Bonchev–Trinajstić information content (AvgIpc) is 2.72. The van der Waals surface area contributed by atoms with Crippen LogP contribution in [0.15, 0.2) is 24.3 Å². The number of carbonyl (C=O) groups excluding carboxylic acids is 1. The van der Waals surface area contributed by atoms with E-state index in [-0.39, 0.29) is 0 Å². The number of hydrogen-bond acceptors (Lipinski definition) is 2. The summed E-state index contributed by atoms with van der Waals surface area (Å²) < 4.78 is 0. The van der Waals surface area contributed by atoms with E-state index < -0.39 is 0 Å². The van der Waals surface area contributed by atoms with Crippen LogP contribution in [-0.4, -0.2) is 19.4 Å². The Morgan fingerprint density at radius 3 is 2.36 bits per heavy atom. The van der Waals surface area contributed by atoms with E-state index in [1.807, 2.05) is 18.4 Å². The van der Waals surface area contributed by atoms with E-state index in [9.17, 15) is 4.79 Å². The van der Waals surface area contributed by atoms with Crippen molar-refractivity contribution in [2.24, 2.45) is 0 Å². The molecule has 1 aromatic carbocycles. The molecule has 0 saturated carbocycles. The Kier molecular flexibility index (Phi) is 2.82. The molecule has 2 nitrogen and oxygen atoms in total. The van der Waals surface area contributed by atoms with Crippen molar-refractivity contribution < 1.29 is 4.79 Å². The first-order valence-corrected chi connectivity index (χ1v) is 5.09. The smallest absolute Gasteiger partial charge is 0.203 e. The van der Waals surface area contributed by atoms with Crippen molar-refractivity contribution in [1.29, 1.82) is 0 Å². The zero-order valence-corrected chi connectivity index (χ0v) is 8.20. The zero-order valence-electron chi connectivity index (χ0n) is 8.20. The molecule has 2 heteroatoms. The molecule has 1 aliphatic heterocycles. The lowest BCUT2D eigenvalue weighted by Crippen LogP contribution is -2.17. The molecule has 1 aliphatic rings. The summed E-state index contributed by atoms with van der Waals surface area (Å²) in [5, 5.41) is 0. The molecule has 14 heavy (non-hydrogen) atoms. The molecule has 0 unspecified atom stereocenters. The molecule has 1 saturated heterocycles. The predicted molar refractivity (Wildman–Crippen MR) is 57.3 cm³/mol. The maximum atomic E-state index is 10.2. The number of anilines is 1. The van der Waals surface area contributed by atoms with Crippen LogP contribution < -0.4 is 4.90 Å². The lowest BCUT2D eigenvalue weighted by molar-refractivity contribution is 0.555. The second-order valence-electron chi connectivity index (χ2n) is 3.68. The Bertz CT molecular complexity index is 299. The first kappa shape index (κ1) is 9.25. The first-order chi connectivity index (χ1) is 6.90. The standard InChI is InChI=1S/C12H14NO/c14-10-7-11-3-5-12(6-4-11)13-8-1-2-9-13/h3-6H,1-2,7-9H2. The maximum absolute atomic E-state index is 10.2. The van der Waals surface area contributed by atoms with Crippen molar-refractivity contribution in [2.75, 3.05) is 18.0 Å². The van der Waals surface area contributed by atoms with Crippen LogP contribution >= 0.6 is 0 Å². The highest BCUT2D eigenvalue weighted by Gasteiger charge is 2.11. The summed E-state index contributed by atoms with van der Waals surface area (Å²) in [6.45, 7) is 2.33. The van der Waals surface area contributed by atoms with Gasteiger partial charge in [0.2, 0.25) is 6.29 Å². The molecular weight excluding hydrogens is 174 g/mol. The Morgan fingerprint density at radius 1 is 1.14 bits per heavy atom. The Hall–Kier alpha value is -1.31. The minimum absolute atomic E-state index is 0.403. The quantitative estimate of drug-likeness (QED) is 0.722. The van der Waals surface area contributed by atoms with Crippen molar-refractivity contribution in [2.45, 2.75) is 19.3 Å². The highest BCUT2D eigenvalue weighted by Crippen LogP contribution is 2.20. The normalized spacial score (nSPS) is 15.9. The van der Waals surface area contributed by atoms with Gasteiger partial charge in [0, 0.05) is 25.2 Å². The predicted octanol–water partition coefficient (Wildman–Crippen LogP) is 1.94. The van der Waals surface area contributed by atoms with Gasteiger partial charge in [0.1, 0.15) is 0 Å². The monoisotopic (exact) mass is 188 g/mol. The van der Waals surface area contributed by atoms with Gasteiger partial charge in [-0.05, 0) is 30.5 Å². The van der Waals surface area contributed by atoms with Gasteiger partial charge in [-0.2, -0.15) is 0 Å². The number of hydrogen-bond donors (Lipinski definition) is 0. The maximum Gasteiger partial charge on any atom is 0.203 e. The molecule has 1 radical (unpaired) electrons. The highest BCUT2D eigenvalue weighted by atomic mass is 16.1. The fourth-order valence-electron chi connectivity index (χ4n) is 1.88. The van der Waals surface area contributed by atoms with Gasteiger partial charge in [-0.25, -0.2) is 0 Å². The van der Waals surface area contributed by atoms with Gasteiger partial charge < -0.3 is 4.90 Å². The van der Waals surface area contributed by atoms with Crippen LogP contribution in [0.4, 0.5) is 5.69 Å². The molecule has 0 aromatic heterocycles. The van der Waals surface area contributed by atoms with E-state index in [0.717, 1.165) is 5.56 Å². The van der Waals surface area contributed by atoms with Gasteiger partial charge in [0.05, 0.1) is 0 Å². The summed E-state index contributed by atoms with van der Waals surface area (Å²) >= 11 is 0. The summed E-state index contributed by atoms with van der Waals surface area (Å²) in [4.78, 5) is 12.6. The summed E-state index contributed by atoms with van der Waals surface area (Å²) in [6.07, 6.45) is 4.90. The van der Waals surface area contributed by atoms with Gasteiger partial charge in [-0.3, -0.25) is 4.79 Å². The minimum Gasteiger partial charge on any atom is -0.372 e. The van der Waals surface area contributed by atoms with Crippen LogP contribution in [0.2, 0.25) is 0 Å². The third kappa shape index (κ3) is 1.95. The van der Waals surface area contributed by atoms with Gasteiger partial charge in [0.25, 0.3) is 0 Å². The molecule has 2 rings (SSSR count). The van der Waals surface area contributed by atoms with E-state index >= 15 is 0 Å². The van der Waals surface area contributed by atoms with Gasteiger partial charge >= 0.3 is 0 Å². The first-order valence-electron chi connectivity index (χ1n) is 5.09. The van der Waals surface area contributed by atoms with Crippen LogP contribution in [0.3, 0.4) is 0 Å². The van der Waals surface area contributed by atoms with Crippen molar-refractivity contribution in [3.63, 3.8) is 0 Å². The third-order valence-corrected chi connectivity index (χ3v) is 2.68. The second kappa shape index (κ2) is 4.27. The van der Waals surface area contributed by atoms with Gasteiger partial charge in [0.15, 0.2) is 0 Å². The molecule has 0 atom stereocenters. The van der Waals surface area contributed by atoms with Crippen LogP contribution in [0, 0.1) is 0 Å². The SMILES string of the molecule is O=[C]Cc1ccc(N2CCCC2)cc1. The number of nitrogens with zero attached hydrogens (tertiary/aromatic N) is 1. The second-order valence-corrected chi connectivity index (χ2v) is 3.68. The highest BCUT2D eigenvalue weighted by molar-refractivity contribution is 5.57. The molecule has 0 aliphatic carbocycles. The Labute approximate surface area is 84.5 Å². The van der Waals surface area contributed by atoms with Crippen molar-refractivity contribution in [1.82, 2.24) is 0 Å². The Morgan fingerprint density at radius 2 is 1.79 bits per heavy atom. The van der Waals surface area contributed by atoms with Crippen LogP contribution in [0.25, 0.3) is 0 Å². The Balaban J connectivity index is 2.08. The molecule has 0 spiro atoms. The number of benzene rings is 1. The molecule has 0 amide bonds. The summed E-state index contributed by atoms with van der Waals surface area (Å²) in [5.41, 5.74) is 2.32. The molecule has 1 heterocycles. The third-order valence-electron chi connectivity index (χ3n) is 2.68. The largest absolute Gasteiger partial charge is 0.372 e. The molecular formula is C12H14NO. The molecule has 1 fully saturated rings. The summed E-state index contributed by atoms with van der Waals surface area (Å²) in [7, 11) is 0. The van der Waals surface area contributed by atoms with E-state index in [1.165, 1.54) is 31.6 Å². The van der Waals surface area contributed by atoms with Crippen LogP contribution in [-0.2, 0) is 11.2 Å². The van der Waals surface area contributed by atoms with E-state index in [1.54, 1.807) is 0 Å². The molecule has 1 aromatic rings. The van der Waals surface area contributed by atoms with Gasteiger partial charge in [-0.15, -0.1) is 0 Å². The summed E-state index contributed by atoms with van der Waals surface area (Å²) in [6, 6.07) is 8.22.